The van der Waals surface area contributed by atoms with Crippen LogP contribution in [0.3, 0.4) is 0 Å². The Bertz CT molecular complexity index is 1050. The molecule has 0 spiro atoms. The van der Waals surface area contributed by atoms with Crippen LogP contribution in [0.5, 0.6) is 0 Å². The molecule has 2 heterocycles. The fourth-order valence-electron chi connectivity index (χ4n) is 2.56. The first kappa shape index (κ1) is 17.0. The van der Waals surface area contributed by atoms with Gasteiger partial charge in [0.15, 0.2) is 5.56 Å². The van der Waals surface area contributed by atoms with Crippen molar-refractivity contribution in [2.45, 2.75) is 11.8 Å². The minimum Gasteiger partial charge on any atom is -0.465 e. The van der Waals surface area contributed by atoms with E-state index in [2.05, 4.69) is 0 Å². The summed E-state index contributed by atoms with van der Waals surface area (Å²) in [6.45, 7) is 1.88. The third-order valence-electron chi connectivity index (χ3n) is 3.86. The summed E-state index contributed by atoms with van der Waals surface area (Å²) in [5, 5.41) is 0.528. The maximum atomic E-state index is 13.0. The standard InChI is InChI=1S/C17H17N2O5S/c1-12-4-6-14(7-5-12)25(21,22)19-9-8-13-10-18(24-3)11-15(16(13)19)17(20)23-2/h4-11H,1-3H3/q+1. The zero-order chi connectivity index (χ0) is 18.2. The highest BCUT2D eigenvalue weighted by Crippen LogP contribution is 2.24. The number of rotatable bonds is 4. The molecule has 0 bridgehead atoms. The fourth-order valence-corrected chi connectivity index (χ4v) is 3.93. The van der Waals surface area contributed by atoms with E-state index in [1.54, 1.807) is 24.4 Å². The second-order valence-electron chi connectivity index (χ2n) is 5.44. The number of benzene rings is 1. The van der Waals surface area contributed by atoms with Gasteiger partial charge < -0.3 is 4.74 Å². The lowest BCUT2D eigenvalue weighted by Gasteiger charge is -2.09. The van der Waals surface area contributed by atoms with Crippen LogP contribution in [0.25, 0.3) is 10.9 Å². The van der Waals surface area contributed by atoms with E-state index in [0.717, 1.165) is 9.54 Å². The number of hydrogen-bond acceptors (Lipinski definition) is 5. The van der Waals surface area contributed by atoms with Crippen LogP contribution < -0.4 is 9.57 Å². The lowest BCUT2D eigenvalue weighted by atomic mass is 10.2. The summed E-state index contributed by atoms with van der Waals surface area (Å²) < 4.78 is 33.2. The van der Waals surface area contributed by atoms with Crippen molar-refractivity contribution >= 4 is 26.9 Å². The second kappa shape index (κ2) is 6.21. The van der Waals surface area contributed by atoms with Gasteiger partial charge in [-0.3, -0.25) is 4.84 Å². The van der Waals surface area contributed by atoms with Gasteiger partial charge in [0.1, 0.15) is 7.11 Å². The summed E-state index contributed by atoms with van der Waals surface area (Å²) in [6.07, 6.45) is 4.38. The third kappa shape index (κ3) is 2.85. The predicted octanol–water partition coefficient (Wildman–Crippen LogP) is 1.32. The molecular formula is C17H17N2O5S+. The van der Waals surface area contributed by atoms with Gasteiger partial charge in [0.2, 0.25) is 12.4 Å². The Labute approximate surface area is 145 Å². The van der Waals surface area contributed by atoms with Crippen molar-refractivity contribution in [3.8, 4) is 0 Å². The number of hydrogen-bond donors (Lipinski definition) is 0. The highest BCUT2D eigenvalue weighted by molar-refractivity contribution is 7.90. The Morgan fingerprint density at radius 2 is 1.76 bits per heavy atom. The van der Waals surface area contributed by atoms with Crippen LogP contribution in [0.4, 0.5) is 0 Å². The van der Waals surface area contributed by atoms with Gasteiger partial charge >= 0.3 is 5.97 Å². The molecule has 2 aromatic heterocycles. The summed E-state index contributed by atoms with van der Waals surface area (Å²) in [5.41, 5.74) is 1.27. The van der Waals surface area contributed by atoms with Crippen molar-refractivity contribution in [1.29, 1.82) is 0 Å². The minimum absolute atomic E-state index is 0.0857. The number of nitrogens with zero attached hydrogens (tertiary/aromatic N) is 2. The van der Waals surface area contributed by atoms with Crippen molar-refractivity contribution < 1.29 is 27.5 Å². The van der Waals surface area contributed by atoms with Crippen LogP contribution in [0.2, 0.25) is 0 Å². The quantitative estimate of drug-likeness (QED) is 0.517. The van der Waals surface area contributed by atoms with E-state index in [1.807, 2.05) is 6.92 Å². The highest BCUT2D eigenvalue weighted by atomic mass is 32.2. The molecule has 0 amide bonds. The van der Waals surface area contributed by atoms with Gasteiger partial charge in [0, 0.05) is 10.9 Å². The monoisotopic (exact) mass is 361 g/mol. The Hall–Kier alpha value is -2.87. The van der Waals surface area contributed by atoms with Gasteiger partial charge in [-0.2, -0.15) is 0 Å². The van der Waals surface area contributed by atoms with Gasteiger partial charge in [-0.15, -0.1) is 0 Å². The molecular weight excluding hydrogens is 344 g/mol. The van der Waals surface area contributed by atoms with Gasteiger partial charge in [-0.25, -0.2) is 17.2 Å². The first-order valence-corrected chi connectivity index (χ1v) is 8.84. The van der Waals surface area contributed by atoms with E-state index >= 15 is 0 Å². The van der Waals surface area contributed by atoms with E-state index < -0.39 is 16.0 Å². The molecule has 0 atom stereocenters. The van der Waals surface area contributed by atoms with E-state index in [4.69, 9.17) is 9.57 Å². The molecule has 0 fully saturated rings. The Morgan fingerprint density at radius 3 is 2.36 bits per heavy atom. The van der Waals surface area contributed by atoms with Crippen LogP contribution in [-0.4, -0.2) is 32.6 Å². The predicted molar refractivity (Wildman–Crippen MR) is 89.7 cm³/mol. The number of ether oxygens (including phenoxy) is 1. The van der Waals surface area contributed by atoms with E-state index in [-0.39, 0.29) is 16.0 Å². The van der Waals surface area contributed by atoms with Crippen molar-refractivity contribution in [1.82, 2.24) is 3.97 Å². The largest absolute Gasteiger partial charge is 0.465 e. The number of pyridine rings is 1. The molecule has 0 aliphatic heterocycles. The molecule has 7 nitrogen and oxygen atoms in total. The van der Waals surface area contributed by atoms with Crippen molar-refractivity contribution in [3.05, 3.63) is 60.0 Å². The molecule has 0 unspecified atom stereocenters. The summed E-state index contributed by atoms with van der Waals surface area (Å²) >= 11 is 0. The molecule has 0 aliphatic carbocycles. The molecule has 8 heteroatoms. The first-order valence-electron chi connectivity index (χ1n) is 7.40. The summed E-state index contributed by atoms with van der Waals surface area (Å²) in [5.74, 6) is -0.657. The number of methoxy groups -OCH3 is 1. The zero-order valence-electron chi connectivity index (χ0n) is 14.0. The normalized spacial score (nSPS) is 11.5. The van der Waals surface area contributed by atoms with Gasteiger partial charge in [-0.1, -0.05) is 17.7 Å². The zero-order valence-corrected chi connectivity index (χ0v) is 14.8. The lowest BCUT2D eigenvalue weighted by Crippen LogP contribution is -2.40. The highest BCUT2D eigenvalue weighted by Gasteiger charge is 2.26. The molecule has 0 N–H and O–H groups in total. The molecule has 25 heavy (non-hydrogen) atoms. The van der Waals surface area contributed by atoms with E-state index in [1.165, 1.54) is 43.5 Å². The maximum Gasteiger partial charge on any atom is 0.346 e. The second-order valence-corrected chi connectivity index (χ2v) is 7.25. The van der Waals surface area contributed by atoms with Crippen molar-refractivity contribution in [2.24, 2.45) is 0 Å². The van der Waals surface area contributed by atoms with Crippen LogP contribution in [0.15, 0.2) is 53.8 Å². The van der Waals surface area contributed by atoms with Crippen LogP contribution >= 0.6 is 0 Å². The Balaban J connectivity index is 2.30. The molecule has 3 aromatic rings. The van der Waals surface area contributed by atoms with E-state index in [0.29, 0.717) is 5.39 Å². The first-order chi connectivity index (χ1) is 11.9. The Kier molecular flexibility index (Phi) is 4.22. The minimum atomic E-state index is -3.86. The number of carbonyl (C=O) groups is 1. The number of aryl methyl sites for hydroxylation is 1. The smallest absolute Gasteiger partial charge is 0.346 e. The van der Waals surface area contributed by atoms with Crippen molar-refractivity contribution in [2.75, 3.05) is 14.2 Å². The molecule has 3 rings (SSSR count). The summed E-state index contributed by atoms with van der Waals surface area (Å²) in [6, 6.07) is 8.11. The lowest BCUT2D eigenvalue weighted by molar-refractivity contribution is -0.884. The van der Waals surface area contributed by atoms with Gasteiger partial charge in [-0.05, 0) is 25.1 Å². The average molecular weight is 361 g/mol. The van der Waals surface area contributed by atoms with Gasteiger partial charge in [0.05, 0.1) is 22.9 Å². The third-order valence-corrected chi connectivity index (χ3v) is 5.55. The van der Waals surface area contributed by atoms with Gasteiger partial charge in [0.25, 0.3) is 10.0 Å². The number of carbonyl (C=O) groups excluding carboxylic acids is 1. The molecule has 130 valence electrons. The molecule has 0 radical (unpaired) electrons. The SMILES string of the molecule is COC(=O)c1c[n+](OC)cc2ccn(S(=O)(=O)c3ccc(C)cc3)c12. The van der Waals surface area contributed by atoms with E-state index in [9.17, 15) is 13.2 Å². The van der Waals surface area contributed by atoms with Crippen molar-refractivity contribution in [3.63, 3.8) is 0 Å². The molecule has 0 aliphatic rings. The number of esters is 1. The van der Waals surface area contributed by atoms with Crippen LogP contribution in [0.1, 0.15) is 15.9 Å². The summed E-state index contributed by atoms with van der Waals surface area (Å²) in [4.78, 5) is 17.4. The molecule has 0 saturated heterocycles. The molecule has 0 saturated carbocycles. The Morgan fingerprint density at radius 1 is 1.08 bits per heavy atom. The summed E-state index contributed by atoms with van der Waals surface area (Å²) in [7, 11) is -1.19. The average Bonchev–Trinajstić information content (AvgIpc) is 3.05. The fraction of sp³-hybridized carbons (Fsp3) is 0.176. The van der Waals surface area contributed by atoms with Crippen LogP contribution in [-0.2, 0) is 14.8 Å². The van der Waals surface area contributed by atoms with Crippen LogP contribution in [0, 0.1) is 6.92 Å². The number of fused-ring (bicyclic) bond motifs is 1. The number of aromatic nitrogens is 2. The topological polar surface area (TPSA) is 78.5 Å². The molecule has 1 aromatic carbocycles. The maximum absolute atomic E-state index is 13.0.